The van der Waals surface area contributed by atoms with Gasteiger partial charge in [-0.15, -0.1) is 0 Å². The maximum absolute atomic E-state index is 13.5. The lowest BCUT2D eigenvalue weighted by Crippen LogP contribution is -2.12. The first-order valence-corrected chi connectivity index (χ1v) is 6.73. The third-order valence-electron chi connectivity index (χ3n) is 2.62. The Balaban J connectivity index is 2.13. The highest BCUT2D eigenvalue weighted by Gasteiger charge is 2.08. The SMILES string of the molecule is COCCOCCOCCOc1ccc(C(C)=O)c(F)c1. The number of benzene rings is 1. The van der Waals surface area contributed by atoms with Gasteiger partial charge in [-0.05, 0) is 19.1 Å². The van der Waals surface area contributed by atoms with Crippen molar-refractivity contribution in [1.82, 2.24) is 0 Å². The van der Waals surface area contributed by atoms with Crippen LogP contribution >= 0.6 is 0 Å². The number of hydrogen-bond donors (Lipinski definition) is 0. The van der Waals surface area contributed by atoms with Crippen LogP contribution in [-0.2, 0) is 14.2 Å². The van der Waals surface area contributed by atoms with E-state index in [1.54, 1.807) is 13.2 Å². The van der Waals surface area contributed by atoms with E-state index in [0.717, 1.165) is 0 Å². The van der Waals surface area contributed by atoms with Crippen molar-refractivity contribution >= 4 is 5.78 Å². The molecule has 0 saturated heterocycles. The van der Waals surface area contributed by atoms with Gasteiger partial charge in [0.05, 0.1) is 38.6 Å². The molecule has 0 heterocycles. The molecule has 0 atom stereocenters. The summed E-state index contributed by atoms with van der Waals surface area (Å²) in [6, 6.07) is 4.18. The normalized spacial score (nSPS) is 10.6. The largest absolute Gasteiger partial charge is 0.491 e. The Morgan fingerprint density at radius 3 is 2.24 bits per heavy atom. The van der Waals surface area contributed by atoms with Crippen molar-refractivity contribution < 1.29 is 28.1 Å². The Morgan fingerprint density at radius 2 is 1.67 bits per heavy atom. The highest BCUT2D eigenvalue weighted by Crippen LogP contribution is 2.16. The number of halogens is 1. The number of Topliss-reactive ketones (excluding diaryl/α,β-unsaturated/α-hetero) is 1. The lowest BCUT2D eigenvalue weighted by molar-refractivity contribution is 0.0179. The number of carbonyl (C=O) groups excluding carboxylic acids is 1. The summed E-state index contributed by atoms with van der Waals surface area (Å²) in [6.45, 7) is 4.06. The lowest BCUT2D eigenvalue weighted by atomic mass is 10.1. The van der Waals surface area contributed by atoms with Gasteiger partial charge in [-0.2, -0.15) is 0 Å². The van der Waals surface area contributed by atoms with Crippen LogP contribution < -0.4 is 4.74 Å². The van der Waals surface area contributed by atoms with E-state index >= 15 is 0 Å². The Morgan fingerprint density at radius 1 is 1.05 bits per heavy atom. The highest BCUT2D eigenvalue weighted by atomic mass is 19.1. The Kier molecular flexibility index (Phi) is 8.57. The van der Waals surface area contributed by atoms with E-state index < -0.39 is 5.82 Å². The van der Waals surface area contributed by atoms with E-state index in [1.165, 1.54) is 19.1 Å². The molecule has 0 aliphatic heterocycles. The molecular weight excluding hydrogens is 279 g/mol. The van der Waals surface area contributed by atoms with Crippen molar-refractivity contribution in [2.75, 3.05) is 46.8 Å². The lowest BCUT2D eigenvalue weighted by Gasteiger charge is -2.08. The molecule has 1 rings (SSSR count). The zero-order valence-corrected chi connectivity index (χ0v) is 12.4. The highest BCUT2D eigenvalue weighted by molar-refractivity contribution is 5.94. The van der Waals surface area contributed by atoms with Gasteiger partial charge in [-0.25, -0.2) is 4.39 Å². The standard InChI is InChI=1S/C15H21FO5/c1-12(17)14-4-3-13(11-15(14)16)21-10-9-20-8-7-19-6-5-18-2/h3-4,11H,5-10H2,1-2H3. The first kappa shape index (κ1) is 17.6. The van der Waals surface area contributed by atoms with Gasteiger partial charge < -0.3 is 18.9 Å². The first-order valence-electron chi connectivity index (χ1n) is 6.73. The van der Waals surface area contributed by atoms with Crippen molar-refractivity contribution in [3.05, 3.63) is 29.6 Å². The van der Waals surface area contributed by atoms with E-state index in [0.29, 0.717) is 45.4 Å². The van der Waals surface area contributed by atoms with Crippen LogP contribution in [0.15, 0.2) is 18.2 Å². The van der Waals surface area contributed by atoms with Crippen LogP contribution in [-0.4, -0.2) is 52.5 Å². The van der Waals surface area contributed by atoms with Crippen LogP contribution in [0.3, 0.4) is 0 Å². The third kappa shape index (κ3) is 7.17. The molecule has 0 spiro atoms. The van der Waals surface area contributed by atoms with Gasteiger partial charge >= 0.3 is 0 Å². The average molecular weight is 300 g/mol. The molecule has 0 aliphatic carbocycles. The molecule has 0 N–H and O–H groups in total. The van der Waals surface area contributed by atoms with Crippen LogP contribution in [0.2, 0.25) is 0 Å². The second-order valence-corrected chi connectivity index (χ2v) is 4.26. The summed E-state index contributed by atoms with van der Waals surface area (Å²) in [6.07, 6.45) is 0. The molecule has 21 heavy (non-hydrogen) atoms. The maximum atomic E-state index is 13.5. The number of carbonyl (C=O) groups is 1. The van der Waals surface area contributed by atoms with Gasteiger partial charge in [0.2, 0.25) is 0 Å². The van der Waals surface area contributed by atoms with E-state index in [4.69, 9.17) is 18.9 Å². The topological polar surface area (TPSA) is 54.0 Å². The zero-order chi connectivity index (χ0) is 15.5. The molecule has 0 unspecified atom stereocenters. The minimum atomic E-state index is -0.576. The molecule has 5 nitrogen and oxygen atoms in total. The number of rotatable bonds is 11. The fraction of sp³-hybridized carbons (Fsp3) is 0.533. The van der Waals surface area contributed by atoms with Crippen molar-refractivity contribution in [2.24, 2.45) is 0 Å². The second kappa shape index (κ2) is 10.3. The quantitative estimate of drug-likeness (QED) is 0.463. The van der Waals surface area contributed by atoms with Gasteiger partial charge in [0, 0.05) is 13.2 Å². The van der Waals surface area contributed by atoms with E-state index in [1.807, 2.05) is 0 Å². The minimum absolute atomic E-state index is 0.0619. The molecule has 1 aromatic rings. The summed E-state index contributed by atoms with van der Waals surface area (Å²) in [7, 11) is 1.61. The average Bonchev–Trinajstić information content (AvgIpc) is 2.45. The number of methoxy groups -OCH3 is 1. The maximum Gasteiger partial charge on any atom is 0.162 e. The summed E-state index contributed by atoms with van der Waals surface area (Å²) in [5.41, 5.74) is 0.0619. The van der Waals surface area contributed by atoms with Crippen molar-refractivity contribution in [3.8, 4) is 5.75 Å². The summed E-state index contributed by atoms with van der Waals surface area (Å²) in [4.78, 5) is 11.1. The van der Waals surface area contributed by atoms with Crippen molar-refractivity contribution in [1.29, 1.82) is 0 Å². The molecule has 0 aromatic heterocycles. The summed E-state index contributed by atoms with van der Waals surface area (Å²) >= 11 is 0. The van der Waals surface area contributed by atoms with Crippen LogP contribution in [0.4, 0.5) is 4.39 Å². The first-order chi connectivity index (χ1) is 10.1. The summed E-state index contributed by atoms with van der Waals surface area (Å²) in [5.74, 6) is -0.513. The molecule has 0 bridgehead atoms. The molecular formula is C15H21FO5. The minimum Gasteiger partial charge on any atom is -0.491 e. The number of ether oxygens (including phenoxy) is 4. The van der Waals surface area contributed by atoms with E-state index in [2.05, 4.69) is 0 Å². The predicted molar refractivity (Wildman–Crippen MR) is 75.4 cm³/mol. The molecule has 1 aromatic carbocycles. The molecule has 6 heteroatoms. The van der Waals surface area contributed by atoms with Crippen molar-refractivity contribution in [2.45, 2.75) is 6.92 Å². The zero-order valence-electron chi connectivity index (χ0n) is 12.4. The Labute approximate surface area is 123 Å². The van der Waals surface area contributed by atoms with Crippen LogP contribution in [0.1, 0.15) is 17.3 Å². The molecule has 0 aliphatic rings. The molecule has 0 fully saturated rings. The Bertz CT molecular complexity index is 436. The molecule has 0 amide bonds. The van der Waals surface area contributed by atoms with Crippen molar-refractivity contribution in [3.63, 3.8) is 0 Å². The third-order valence-corrected chi connectivity index (χ3v) is 2.62. The van der Waals surface area contributed by atoms with Crippen LogP contribution in [0.5, 0.6) is 5.75 Å². The summed E-state index contributed by atoms with van der Waals surface area (Å²) < 4.78 is 34.2. The molecule has 0 radical (unpaired) electrons. The Hall–Kier alpha value is -1.50. The van der Waals surface area contributed by atoms with Gasteiger partial charge in [0.1, 0.15) is 18.2 Å². The fourth-order valence-electron chi connectivity index (χ4n) is 1.55. The molecule has 118 valence electrons. The van der Waals surface area contributed by atoms with E-state index in [9.17, 15) is 9.18 Å². The van der Waals surface area contributed by atoms with Gasteiger partial charge in [-0.1, -0.05) is 0 Å². The summed E-state index contributed by atoms with van der Waals surface area (Å²) in [5, 5.41) is 0. The fourth-order valence-corrected chi connectivity index (χ4v) is 1.55. The van der Waals surface area contributed by atoms with Gasteiger partial charge in [-0.3, -0.25) is 4.79 Å². The van der Waals surface area contributed by atoms with Crippen LogP contribution in [0, 0.1) is 5.82 Å². The van der Waals surface area contributed by atoms with Gasteiger partial charge in [0.15, 0.2) is 5.78 Å². The van der Waals surface area contributed by atoms with E-state index in [-0.39, 0.29) is 11.3 Å². The van der Waals surface area contributed by atoms with Crippen LogP contribution in [0.25, 0.3) is 0 Å². The molecule has 0 saturated carbocycles. The smallest absolute Gasteiger partial charge is 0.162 e. The second-order valence-electron chi connectivity index (χ2n) is 4.26. The monoisotopic (exact) mass is 300 g/mol. The number of hydrogen-bond acceptors (Lipinski definition) is 5. The predicted octanol–water partition coefficient (Wildman–Crippen LogP) is 2.09. The number of ketones is 1. The van der Waals surface area contributed by atoms with Gasteiger partial charge in [0.25, 0.3) is 0 Å².